The average Bonchev–Trinajstić information content (AvgIpc) is 1.71. The summed E-state index contributed by atoms with van der Waals surface area (Å²) in [5.74, 6) is 8.00. The van der Waals surface area contributed by atoms with E-state index in [2.05, 4.69) is 21.2 Å². The Morgan fingerprint density at radius 2 is 1.38 bits per heavy atom. The number of nitrogens with two attached hydrogens (primary N) is 2. The molecule has 0 aliphatic heterocycles. The van der Waals surface area contributed by atoms with E-state index >= 15 is 0 Å². The summed E-state index contributed by atoms with van der Waals surface area (Å²) in [5.41, 5.74) is 0.00463. The molecule has 0 aromatic rings. The van der Waals surface area contributed by atoms with Gasteiger partial charge in [0.05, 0.1) is 5.60 Å². The fraction of sp³-hybridized carbons (Fsp3) is 1.00. The summed E-state index contributed by atoms with van der Waals surface area (Å²) in [6.45, 7) is 6.00. The Morgan fingerprint density at radius 3 is 1.38 bits per heavy atom. The van der Waals surface area contributed by atoms with Gasteiger partial charge in [0.15, 0.2) is 0 Å². The van der Waals surface area contributed by atoms with Gasteiger partial charge in [0.1, 0.15) is 0 Å². The minimum atomic E-state index is 0.00463. The molecule has 0 aliphatic rings. The number of rotatable bonds is 0. The van der Waals surface area contributed by atoms with Crippen LogP contribution in [0.2, 0.25) is 0 Å². The molecule has 52 valence electrons. The average molecular weight is 138 g/mol. The lowest BCUT2D eigenvalue weighted by Gasteiger charge is -2.13. The first-order valence-electron chi connectivity index (χ1n) is 2.27. The fourth-order valence-electron chi connectivity index (χ4n) is 0. The predicted molar refractivity (Wildman–Crippen MR) is 38.9 cm³/mol. The van der Waals surface area contributed by atoms with Gasteiger partial charge < -0.3 is 4.52 Å². The maximum absolute atomic E-state index is 4.85. The summed E-state index contributed by atoms with van der Waals surface area (Å²) in [7, 11) is 2.22. The van der Waals surface area contributed by atoms with Gasteiger partial charge in [-0.25, -0.2) is 0 Å². The molecule has 8 heavy (non-hydrogen) atoms. The van der Waals surface area contributed by atoms with Crippen LogP contribution in [0.15, 0.2) is 0 Å². The van der Waals surface area contributed by atoms with E-state index in [1.54, 1.807) is 0 Å². The molecule has 0 radical (unpaired) electrons. The van der Waals surface area contributed by atoms with Crippen LogP contribution in [0, 0.1) is 0 Å². The first-order valence-corrected chi connectivity index (χ1v) is 2.74. The molecule has 0 saturated heterocycles. The molecule has 0 aliphatic carbocycles. The van der Waals surface area contributed by atoms with Gasteiger partial charge in [-0.05, 0) is 20.8 Å². The summed E-state index contributed by atoms with van der Waals surface area (Å²) in [6, 6.07) is 0. The summed E-state index contributed by atoms with van der Waals surface area (Å²) in [6.07, 6.45) is 0. The molecule has 1 unspecified atom stereocenters. The largest absolute Gasteiger partial charge is 0.360 e. The van der Waals surface area contributed by atoms with E-state index in [1.807, 2.05) is 20.8 Å². The van der Waals surface area contributed by atoms with Gasteiger partial charge in [-0.15, -0.1) is 0 Å². The Balaban J connectivity index is 0. The molecule has 0 saturated carbocycles. The van der Waals surface area contributed by atoms with Gasteiger partial charge in [0.2, 0.25) is 0 Å². The molecule has 0 fully saturated rings. The second kappa shape index (κ2) is 5.45. The Kier molecular flexibility index (Phi) is 7.59. The molecule has 0 bridgehead atoms. The number of hydrogen-bond donors (Lipinski definition) is 2. The van der Waals surface area contributed by atoms with Crippen molar-refractivity contribution < 1.29 is 4.52 Å². The Labute approximate surface area is 53.0 Å². The van der Waals surface area contributed by atoms with Crippen LogP contribution in [-0.2, 0) is 4.52 Å². The first-order chi connectivity index (χ1) is 3.56. The van der Waals surface area contributed by atoms with Crippen molar-refractivity contribution in [2.24, 2.45) is 11.7 Å². The first kappa shape index (κ1) is 11.2. The summed E-state index contributed by atoms with van der Waals surface area (Å²) in [5, 5.41) is 0. The van der Waals surface area contributed by atoms with E-state index in [4.69, 9.17) is 4.52 Å². The molecule has 0 rings (SSSR count). The van der Waals surface area contributed by atoms with Crippen LogP contribution in [0.25, 0.3) is 0 Å². The van der Waals surface area contributed by atoms with E-state index in [0.29, 0.717) is 0 Å². The van der Waals surface area contributed by atoms with Gasteiger partial charge in [0, 0.05) is 9.47 Å². The van der Waals surface area contributed by atoms with Crippen molar-refractivity contribution >= 4 is 9.47 Å². The highest BCUT2D eigenvalue weighted by molar-refractivity contribution is 7.09. The highest BCUT2D eigenvalue weighted by Crippen LogP contribution is 2.09. The van der Waals surface area contributed by atoms with Crippen LogP contribution in [-0.4, -0.2) is 5.60 Å². The number of hydrogen-bond acceptors (Lipinski definition) is 3. The molecule has 0 spiro atoms. The zero-order valence-electron chi connectivity index (χ0n) is 5.64. The van der Waals surface area contributed by atoms with Gasteiger partial charge in [0.25, 0.3) is 0 Å². The van der Waals surface area contributed by atoms with Crippen LogP contribution in [0.5, 0.6) is 0 Å². The third-order valence-corrected chi connectivity index (χ3v) is 1.06. The van der Waals surface area contributed by atoms with E-state index < -0.39 is 0 Å². The molecule has 0 amide bonds. The minimum Gasteiger partial charge on any atom is -0.360 e. The molecule has 1 atom stereocenters. The zero-order chi connectivity index (χ0) is 7.21. The van der Waals surface area contributed by atoms with Crippen molar-refractivity contribution in [2.45, 2.75) is 26.4 Å². The summed E-state index contributed by atoms with van der Waals surface area (Å²) >= 11 is 0. The zero-order valence-corrected chi connectivity index (χ0v) is 6.79. The molecule has 0 heterocycles. The van der Waals surface area contributed by atoms with Gasteiger partial charge in [-0.2, -0.15) is 0 Å². The van der Waals surface area contributed by atoms with E-state index in [1.165, 1.54) is 0 Å². The fourth-order valence-corrected chi connectivity index (χ4v) is 0. The van der Waals surface area contributed by atoms with Crippen molar-refractivity contribution in [3.8, 4) is 0 Å². The maximum Gasteiger partial charge on any atom is 0.0634 e. The Hall–Kier alpha value is 0.310. The predicted octanol–water partition coefficient (Wildman–Crippen LogP) is 0.410. The Bertz CT molecular complexity index is 43.8. The molecule has 4 N–H and O–H groups in total. The second-order valence-corrected chi connectivity index (χ2v) is 2.47. The Morgan fingerprint density at radius 1 is 1.25 bits per heavy atom. The molecule has 0 aromatic heterocycles. The van der Waals surface area contributed by atoms with Crippen molar-refractivity contribution in [3.63, 3.8) is 0 Å². The summed E-state index contributed by atoms with van der Waals surface area (Å²) < 4.78 is 4.85. The van der Waals surface area contributed by atoms with E-state index in [-0.39, 0.29) is 5.60 Å². The van der Waals surface area contributed by atoms with Gasteiger partial charge in [-0.1, -0.05) is 0 Å². The lowest BCUT2D eigenvalue weighted by atomic mass is 10.2. The van der Waals surface area contributed by atoms with Crippen molar-refractivity contribution in [1.29, 1.82) is 0 Å². The lowest BCUT2D eigenvalue weighted by molar-refractivity contribution is 0.162. The number of hydrazine groups is 1. The van der Waals surface area contributed by atoms with Crippen molar-refractivity contribution in [2.75, 3.05) is 0 Å². The highest BCUT2D eigenvalue weighted by Gasteiger charge is 2.04. The standard InChI is InChI=1S/C4H11OP.H4N2/c1-4(2,3)5-6;1-2/h6H2,1-3H3;1-2H2. The smallest absolute Gasteiger partial charge is 0.0634 e. The monoisotopic (exact) mass is 138 g/mol. The molecule has 0 aromatic carbocycles. The quantitative estimate of drug-likeness (QED) is 0.289. The molecule has 3 nitrogen and oxygen atoms in total. The molecule has 4 heteroatoms. The van der Waals surface area contributed by atoms with Crippen LogP contribution >= 0.6 is 9.47 Å². The summed E-state index contributed by atoms with van der Waals surface area (Å²) in [4.78, 5) is 0. The van der Waals surface area contributed by atoms with E-state index in [9.17, 15) is 0 Å². The van der Waals surface area contributed by atoms with Crippen LogP contribution in [0.1, 0.15) is 20.8 Å². The van der Waals surface area contributed by atoms with E-state index in [0.717, 1.165) is 0 Å². The van der Waals surface area contributed by atoms with Crippen LogP contribution in [0.4, 0.5) is 0 Å². The van der Waals surface area contributed by atoms with Gasteiger partial charge >= 0.3 is 0 Å². The lowest BCUT2D eigenvalue weighted by Crippen LogP contribution is -2.12. The molecular weight excluding hydrogens is 123 g/mol. The normalized spacial score (nSPS) is 9.75. The third kappa shape index (κ3) is 16.2. The van der Waals surface area contributed by atoms with Gasteiger partial charge in [-0.3, -0.25) is 11.7 Å². The SMILES string of the molecule is CC(C)(C)OP.NN. The third-order valence-electron chi connectivity index (χ3n) is 0.354. The van der Waals surface area contributed by atoms with Crippen LogP contribution < -0.4 is 11.7 Å². The minimum absolute atomic E-state index is 0.00463. The highest BCUT2D eigenvalue weighted by atomic mass is 31.0. The van der Waals surface area contributed by atoms with Crippen molar-refractivity contribution in [3.05, 3.63) is 0 Å². The van der Waals surface area contributed by atoms with Crippen molar-refractivity contribution in [1.82, 2.24) is 0 Å². The van der Waals surface area contributed by atoms with Crippen LogP contribution in [0.3, 0.4) is 0 Å². The molecular formula is C4H15N2OP. The second-order valence-electron chi connectivity index (χ2n) is 2.23. The topological polar surface area (TPSA) is 61.3 Å². The maximum atomic E-state index is 4.85.